The molecular formula is C26H17N3O. The Labute approximate surface area is 173 Å². The van der Waals surface area contributed by atoms with Gasteiger partial charge in [0.15, 0.2) is 0 Å². The van der Waals surface area contributed by atoms with Gasteiger partial charge in [-0.3, -0.25) is 9.36 Å². The number of rotatable bonds is 2. The minimum Gasteiger partial charge on any atom is -0.320 e. The highest BCUT2D eigenvalue weighted by Crippen LogP contribution is 2.37. The van der Waals surface area contributed by atoms with Crippen molar-refractivity contribution in [2.75, 3.05) is 5.32 Å². The predicted octanol–water partition coefficient (Wildman–Crippen LogP) is 5.93. The van der Waals surface area contributed by atoms with Gasteiger partial charge in [-0.1, -0.05) is 66.7 Å². The van der Waals surface area contributed by atoms with Gasteiger partial charge in [0.1, 0.15) is 5.82 Å². The van der Waals surface area contributed by atoms with Crippen LogP contribution in [0.15, 0.2) is 97.1 Å². The summed E-state index contributed by atoms with van der Waals surface area (Å²) in [6, 6.07) is 32.2. The minimum absolute atomic E-state index is 0.115. The molecule has 0 aliphatic carbocycles. The molecule has 4 aromatic carbocycles. The lowest BCUT2D eigenvalue weighted by atomic mass is 10.0. The van der Waals surface area contributed by atoms with E-state index >= 15 is 0 Å². The second-order valence-corrected chi connectivity index (χ2v) is 7.36. The van der Waals surface area contributed by atoms with Crippen molar-refractivity contribution in [1.29, 1.82) is 0 Å². The van der Waals surface area contributed by atoms with Gasteiger partial charge in [-0.15, -0.1) is 0 Å². The summed E-state index contributed by atoms with van der Waals surface area (Å²) in [6.45, 7) is 0. The zero-order chi connectivity index (χ0) is 20.1. The number of hydrogen-bond acceptors (Lipinski definition) is 2. The third-order valence-electron chi connectivity index (χ3n) is 5.54. The summed E-state index contributed by atoms with van der Waals surface area (Å²) in [4.78, 5) is 17.8. The van der Waals surface area contributed by atoms with E-state index in [2.05, 4.69) is 46.3 Å². The number of amides is 1. The highest BCUT2D eigenvalue weighted by Gasteiger charge is 2.25. The molecule has 0 fully saturated rings. The molecule has 1 amide bonds. The lowest BCUT2D eigenvalue weighted by Gasteiger charge is -2.12. The Morgan fingerprint density at radius 2 is 1.43 bits per heavy atom. The molecular weight excluding hydrogens is 370 g/mol. The molecule has 6 rings (SSSR count). The monoisotopic (exact) mass is 387 g/mol. The molecule has 1 N–H and O–H groups in total. The Morgan fingerprint density at radius 3 is 2.33 bits per heavy atom. The van der Waals surface area contributed by atoms with E-state index in [1.54, 1.807) is 0 Å². The zero-order valence-electron chi connectivity index (χ0n) is 16.0. The fourth-order valence-electron chi connectivity index (χ4n) is 4.17. The quantitative estimate of drug-likeness (QED) is 0.408. The standard InChI is InChI=1S/C26H17N3O/c30-26-20-12-7-14-22-24(20)29(23-15-5-4-13-21(23)28-26)25(27-22)19-11-6-10-18(16-19)17-8-2-1-3-9-17/h1-16H,(H,28,30). The average molecular weight is 387 g/mol. The highest BCUT2D eigenvalue weighted by molar-refractivity contribution is 6.14. The number of carbonyl (C=O) groups is 1. The Kier molecular flexibility index (Phi) is 3.59. The molecule has 1 aliphatic rings. The second-order valence-electron chi connectivity index (χ2n) is 7.36. The number of imidazole rings is 1. The third kappa shape index (κ3) is 2.47. The normalized spacial score (nSPS) is 12.3. The van der Waals surface area contributed by atoms with Gasteiger partial charge < -0.3 is 5.32 Å². The maximum absolute atomic E-state index is 12.9. The van der Waals surface area contributed by atoms with Crippen LogP contribution in [0.2, 0.25) is 0 Å². The zero-order valence-corrected chi connectivity index (χ0v) is 16.0. The molecule has 4 heteroatoms. The third-order valence-corrected chi connectivity index (χ3v) is 5.54. The fraction of sp³-hybridized carbons (Fsp3) is 0. The summed E-state index contributed by atoms with van der Waals surface area (Å²) in [5, 5.41) is 3.04. The summed E-state index contributed by atoms with van der Waals surface area (Å²) < 4.78 is 2.10. The van der Waals surface area contributed by atoms with Crippen LogP contribution in [0.25, 0.3) is 39.2 Å². The van der Waals surface area contributed by atoms with Crippen LogP contribution in [0, 0.1) is 0 Å². The fourth-order valence-corrected chi connectivity index (χ4v) is 4.17. The van der Waals surface area contributed by atoms with E-state index in [9.17, 15) is 4.79 Å². The van der Waals surface area contributed by atoms with Crippen LogP contribution in [-0.2, 0) is 0 Å². The van der Waals surface area contributed by atoms with E-state index in [0.29, 0.717) is 5.56 Å². The Balaban J connectivity index is 1.67. The first-order valence-corrected chi connectivity index (χ1v) is 9.88. The van der Waals surface area contributed by atoms with Crippen LogP contribution < -0.4 is 5.32 Å². The van der Waals surface area contributed by atoms with Crippen molar-refractivity contribution in [3.63, 3.8) is 0 Å². The van der Waals surface area contributed by atoms with Crippen molar-refractivity contribution < 1.29 is 4.79 Å². The van der Waals surface area contributed by atoms with Crippen LogP contribution in [0.5, 0.6) is 0 Å². The van der Waals surface area contributed by atoms with Crippen LogP contribution in [0.3, 0.4) is 0 Å². The van der Waals surface area contributed by atoms with Gasteiger partial charge in [0.05, 0.1) is 28.0 Å². The Bertz CT molecular complexity index is 1430. The molecule has 0 spiro atoms. The number of anilines is 1. The number of benzene rings is 4. The van der Waals surface area contributed by atoms with Crippen LogP contribution in [0.1, 0.15) is 10.4 Å². The van der Waals surface area contributed by atoms with Crippen molar-refractivity contribution in [3.8, 4) is 28.2 Å². The average Bonchev–Trinajstić information content (AvgIpc) is 3.14. The van der Waals surface area contributed by atoms with E-state index in [0.717, 1.165) is 44.9 Å². The first-order chi connectivity index (χ1) is 14.8. The molecule has 1 aliphatic heterocycles. The molecule has 0 saturated heterocycles. The van der Waals surface area contributed by atoms with E-state index in [4.69, 9.17) is 4.98 Å². The summed E-state index contributed by atoms with van der Waals surface area (Å²) >= 11 is 0. The topological polar surface area (TPSA) is 46.9 Å². The lowest BCUT2D eigenvalue weighted by Crippen LogP contribution is -2.10. The van der Waals surface area contributed by atoms with E-state index in [-0.39, 0.29) is 5.91 Å². The van der Waals surface area contributed by atoms with Crippen molar-refractivity contribution in [2.24, 2.45) is 0 Å². The van der Waals surface area contributed by atoms with Crippen molar-refractivity contribution in [1.82, 2.24) is 9.55 Å². The SMILES string of the molecule is O=C1Nc2ccccc2-n2c(-c3cccc(-c4ccccc4)c3)nc3cccc1c32. The van der Waals surface area contributed by atoms with Crippen molar-refractivity contribution in [3.05, 3.63) is 103 Å². The van der Waals surface area contributed by atoms with Gasteiger partial charge >= 0.3 is 0 Å². The largest absolute Gasteiger partial charge is 0.320 e. The van der Waals surface area contributed by atoms with Gasteiger partial charge in [-0.05, 0) is 41.5 Å². The molecule has 142 valence electrons. The van der Waals surface area contributed by atoms with Gasteiger partial charge in [0, 0.05) is 5.56 Å². The highest BCUT2D eigenvalue weighted by atomic mass is 16.1. The van der Waals surface area contributed by atoms with E-state index < -0.39 is 0 Å². The molecule has 4 nitrogen and oxygen atoms in total. The number of nitrogens with one attached hydrogen (secondary N) is 1. The number of nitrogens with zero attached hydrogens (tertiary/aromatic N) is 2. The molecule has 0 bridgehead atoms. The predicted molar refractivity (Wildman–Crippen MR) is 120 cm³/mol. The van der Waals surface area contributed by atoms with E-state index in [1.807, 2.05) is 60.7 Å². The summed E-state index contributed by atoms with van der Waals surface area (Å²) in [6.07, 6.45) is 0. The van der Waals surface area contributed by atoms with Crippen LogP contribution in [-0.4, -0.2) is 15.5 Å². The minimum atomic E-state index is -0.115. The smallest absolute Gasteiger partial charge is 0.257 e. The molecule has 30 heavy (non-hydrogen) atoms. The molecule has 0 radical (unpaired) electrons. The summed E-state index contributed by atoms with van der Waals surface area (Å²) in [5.74, 6) is 0.704. The molecule has 5 aromatic rings. The second kappa shape index (κ2) is 6.42. The molecule has 1 aromatic heterocycles. The van der Waals surface area contributed by atoms with Crippen molar-refractivity contribution >= 4 is 22.6 Å². The van der Waals surface area contributed by atoms with E-state index in [1.165, 1.54) is 0 Å². The molecule has 0 atom stereocenters. The summed E-state index contributed by atoms with van der Waals surface area (Å²) in [7, 11) is 0. The summed E-state index contributed by atoms with van der Waals surface area (Å²) in [5.41, 5.74) is 7.24. The van der Waals surface area contributed by atoms with Gasteiger partial charge in [-0.25, -0.2) is 4.98 Å². The van der Waals surface area contributed by atoms with Gasteiger partial charge in [0.25, 0.3) is 5.91 Å². The first-order valence-electron chi connectivity index (χ1n) is 9.88. The molecule has 0 unspecified atom stereocenters. The first kappa shape index (κ1) is 16.7. The Morgan fingerprint density at radius 1 is 0.700 bits per heavy atom. The van der Waals surface area contributed by atoms with Gasteiger partial charge in [-0.2, -0.15) is 0 Å². The maximum atomic E-state index is 12.9. The number of aromatic nitrogens is 2. The number of fused-ring (bicyclic) bond motifs is 2. The molecule has 2 heterocycles. The lowest BCUT2D eigenvalue weighted by molar-refractivity contribution is 0.102. The van der Waals surface area contributed by atoms with Crippen molar-refractivity contribution in [2.45, 2.75) is 0 Å². The maximum Gasteiger partial charge on any atom is 0.257 e. The van der Waals surface area contributed by atoms with Crippen LogP contribution >= 0.6 is 0 Å². The molecule has 0 saturated carbocycles. The Hall–Kier alpha value is -4.18. The number of carbonyl (C=O) groups excluding carboxylic acids is 1. The van der Waals surface area contributed by atoms with Crippen LogP contribution in [0.4, 0.5) is 5.69 Å². The van der Waals surface area contributed by atoms with Gasteiger partial charge in [0.2, 0.25) is 0 Å². The number of para-hydroxylation sites is 3. The number of hydrogen-bond donors (Lipinski definition) is 1.